The molecule has 2 aromatic carbocycles. The Morgan fingerprint density at radius 1 is 0.850 bits per heavy atom. The Morgan fingerprint density at radius 2 is 1.30 bits per heavy atom. The van der Waals surface area contributed by atoms with E-state index in [-0.39, 0.29) is 6.04 Å². The molecule has 2 aromatic rings. The lowest BCUT2D eigenvalue weighted by molar-refractivity contribution is 0.318. The highest BCUT2D eigenvalue weighted by Gasteiger charge is 2.19. The van der Waals surface area contributed by atoms with Crippen molar-refractivity contribution < 1.29 is 0 Å². The second-order valence-corrected chi connectivity index (χ2v) is 6.15. The number of rotatable bonds is 6. The fourth-order valence-corrected chi connectivity index (χ4v) is 2.22. The highest BCUT2D eigenvalue weighted by Crippen LogP contribution is 2.25. The molecule has 1 nitrogen and oxygen atoms in total. The second-order valence-electron chi connectivity index (χ2n) is 6.15. The van der Waals surface area contributed by atoms with Crippen LogP contribution in [0.3, 0.4) is 0 Å². The van der Waals surface area contributed by atoms with Gasteiger partial charge in [0.25, 0.3) is 0 Å². The molecule has 0 saturated heterocycles. The number of nitrogens with one attached hydrogen (secondary N) is 1. The Kier molecular flexibility index (Phi) is 4.97. The van der Waals surface area contributed by atoms with Gasteiger partial charge in [0.1, 0.15) is 0 Å². The monoisotopic (exact) mass is 267 g/mol. The highest BCUT2D eigenvalue weighted by molar-refractivity contribution is 5.31. The van der Waals surface area contributed by atoms with E-state index in [1.807, 2.05) is 0 Å². The normalized spacial score (nSPS) is 11.8. The van der Waals surface area contributed by atoms with Crippen LogP contribution in [0.15, 0.2) is 60.7 Å². The molecule has 1 N–H and O–H groups in total. The van der Waals surface area contributed by atoms with Gasteiger partial charge in [-0.15, -0.1) is 0 Å². The molecule has 2 rings (SSSR count). The van der Waals surface area contributed by atoms with Crippen LogP contribution >= 0.6 is 0 Å². The van der Waals surface area contributed by atoms with Crippen molar-refractivity contribution in [3.8, 4) is 0 Å². The third-order valence-electron chi connectivity index (χ3n) is 4.01. The zero-order valence-corrected chi connectivity index (χ0v) is 12.8. The number of hydrogen-bond acceptors (Lipinski definition) is 1. The van der Waals surface area contributed by atoms with Crippen molar-refractivity contribution in [2.75, 3.05) is 6.54 Å². The van der Waals surface area contributed by atoms with Gasteiger partial charge in [-0.05, 0) is 23.0 Å². The average molecular weight is 267 g/mol. The summed E-state index contributed by atoms with van der Waals surface area (Å²) < 4.78 is 0. The quantitative estimate of drug-likeness (QED) is 0.792. The van der Waals surface area contributed by atoms with Crippen molar-refractivity contribution in [2.24, 2.45) is 5.41 Å². The van der Waals surface area contributed by atoms with Gasteiger partial charge in [-0.25, -0.2) is 0 Å². The van der Waals surface area contributed by atoms with Crippen molar-refractivity contribution in [2.45, 2.75) is 33.2 Å². The smallest absolute Gasteiger partial charge is 0.0576 e. The predicted molar refractivity (Wildman–Crippen MR) is 86.8 cm³/mol. The largest absolute Gasteiger partial charge is 0.306 e. The molecule has 0 heterocycles. The first-order valence-corrected chi connectivity index (χ1v) is 7.46. The summed E-state index contributed by atoms with van der Waals surface area (Å²) in [6.07, 6.45) is 1.18. The van der Waals surface area contributed by atoms with Crippen molar-refractivity contribution in [3.63, 3.8) is 0 Å². The summed E-state index contributed by atoms with van der Waals surface area (Å²) in [6.45, 7) is 7.89. The molecule has 0 spiro atoms. The minimum atomic E-state index is 0.267. The fraction of sp³-hybridized carbons (Fsp3) is 0.368. The molecule has 0 aromatic heterocycles. The van der Waals surface area contributed by atoms with Crippen LogP contribution in [0, 0.1) is 5.41 Å². The van der Waals surface area contributed by atoms with Crippen molar-refractivity contribution >= 4 is 0 Å². The zero-order valence-electron chi connectivity index (χ0n) is 12.8. The van der Waals surface area contributed by atoms with Crippen LogP contribution in [0.5, 0.6) is 0 Å². The average Bonchev–Trinajstić information content (AvgIpc) is 2.49. The van der Waals surface area contributed by atoms with Crippen molar-refractivity contribution in [3.05, 3.63) is 71.8 Å². The lowest BCUT2D eigenvalue weighted by atomic mass is 9.89. The Balaban J connectivity index is 2.22. The van der Waals surface area contributed by atoms with Crippen LogP contribution in [0.1, 0.15) is 44.4 Å². The molecule has 0 saturated carbocycles. The first-order valence-electron chi connectivity index (χ1n) is 7.46. The van der Waals surface area contributed by atoms with Gasteiger partial charge >= 0.3 is 0 Å². The third-order valence-corrected chi connectivity index (χ3v) is 4.01. The molecule has 0 aliphatic carbocycles. The first kappa shape index (κ1) is 14.8. The van der Waals surface area contributed by atoms with Gasteiger partial charge in [0.15, 0.2) is 0 Å². The molecule has 20 heavy (non-hydrogen) atoms. The minimum absolute atomic E-state index is 0.267. The van der Waals surface area contributed by atoms with E-state index >= 15 is 0 Å². The summed E-state index contributed by atoms with van der Waals surface area (Å²) in [5, 5.41) is 3.74. The first-order chi connectivity index (χ1) is 9.62. The van der Waals surface area contributed by atoms with Gasteiger partial charge < -0.3 is 5.32 Å². The van der Waals surface area contributed by atoms with E-state index in [0.717, 1.165) is 6.54 Å². The summed E-state index contributed by atoms with van der Waals surface area (Å²) in [4.78, 5) is 0. The maximum atomic E-state index is 3.74. The molecular weight excluding hydrogens is 242 g/mol. The predicted octanol–water partition coefficient (Wildman–Crippen LogP) is 4.80. The molecule has 0 radical (unpaired) electrons. The molecule has 1 heteroatoms. The topological polar surface area (TPSA) is 12.0 Å². The van der Waals surface area contributed by atoms with E-state index in [4.69, 9.17) is 0 Å². The molecule has 0 atom stereocenters. The van der Waals surface area contributed by atoms with Crippen LogP contribution in [0.25, 0.3) is 0 Å². The lowest BCUT2D eigenvalue weighted by Gasteiger charge is -2.28. The lowest BCUT2D eigenvalue weighted by Crippen LogP contribution is -2.32. The van der Waals surface area contributed by atoms with Crippen LogP contribution in [-0.2, 0) is 0 Å². The van der Waals surface area contributed by atoms with Crippen molar-refractivity contribution in [1.82, 2.24) is 5.32 Å². The molecular formula is C19H25N. The molecule has 0 aliphatic heterocycles. The molecule has 0 bridgehead atoms. The van der Waals surface area contributed by atoms with Gasteiger partial charge in [-0.3, -0.25) is 0 Å². The molecule has 0 aliphatic rings. The van der Waals surface area contributed by atoms with Crippen LogP contribution in [0.4, 0.5) is 0 Å². The highest BCUT2D eigenvalue weighted by atomic mass is 14.9. The van der Waals surface area contributed by atoms with Crippen LogP contribution < -0.4 is 5.32 Å². The van der Waals surface area contributed by atoms with Crippen molar-refractivity contribution in [1.29, 1.82) is 0 Å². The number of hydrogen-bond donors (Lipinski definition) is 1. The summed E-state index contributed by atoms with van der Waals surface area (Å²) in [6, 6.07) is 21.6. The van der Waals surface area contributed by atoms with E-state index in [2.05, 4.69) is 86.8 Å². The van der Waals surface area contributed by atoms with Gasteiger partial charge in [0.2, 0.25) is 0 Å². The summed E-state index contributed by atoms with van der Waals surface area (Å²) in [7, 11) is 0. The summed E-state index contributed by atoms with van der Waals surface area (Å²) in [5.74, 6) is 0. The maximum absolute atomic E-state index is 3.74. The molecule has 106 valence electrons. The van der Waals surface area contributed by atoms with E-state index in [1.54, 1.807) is 0 Å². The zero-order chi connectivity index (χ0) is 14.4. The van der Waals surface area contributed by atoms with E-state index in [1.165, 1.54) is 17.5 Å². The molecule has 0 amide bonds. The second kappa shape index (κ2) is 6.71. The maximum Gasteiger partial charge on any atom is 0.0576 e. The Morgan fingerprint density at radius 3 is 1.70 bits per heavy atom. The van der Waals surface area contributed by atoms with Gasteiger partial charge in [-0.1, -0.05) is 81.4 Å². The Labute approximate surface area is 123 Å². The molecule has 0 unspecified atom stereocenters. The summed E-state index contributed by atoms with van der Waals surface area (Å²) in [5.41, 5.74) is 2.97. The van der Waals surface area contributed by atoms with Gasteiger partial charge in [0, 0.05) is 6.54 Å². The van der Waals surface area contributed by atoms with E-state index in [0.29, 0.717) is 5.41 Å². The Bertz CT molecular complexity index is 462. The number of benzene rings is 2. The van der Waals surface area contributed by atoms with E-state index in [9.17, 15) is 0 Å². The fourth-order valence-electron chi connectivity index (χ4n) is 2.22. The van der Waals surface area contributed by atoms with Crippen LogP contribution in [0.2, 0.25) is 0 Å². The minimum Gasteiger partial charge on any atom is -0.306 e. The van der Waals surface area contributed by atoms with Gasteiger partial charge in [-0.2, -0.15) is 0 Å². The SMILES string of the molecule is CCC(C)(C)CNC(c1ccccc1)c1ccccc1. The standard InChI is InChI=1S/C19H25N/c1-4-19(2,3)15-20-18(16-11-7-5-8-12-16)17-13-9-6-10-14-17/h5-14,18,20H,4,15H2,1-3H3. The Hall–Kier alpha value is -1.60. The molecule has 0 fully saturated rings. The van der Waals surface area contributed by atoms with E-state index < -0.39 is 0 Å². The summed E-state index contributed by atoms with van der Waals surface area (Å²) >= 11 is 0. The van der Waals surface area contributed by atoms with Gasteiger partial charge in [0.05, 0.1) is 6.04 Å². The third kappa shape index (κ3) is 3.94. The van der Waals surface area contributed by atoms with Crippen LogP contribution in [-0.4, -0.2) is 6.54 Å².